The fourth-order valence-electron chi connectivity index (χ4n) is 5.86. The Balaban J connectivity index is 1.46. The molecular weight excluding hydrogens is 438 g/mol. The summed E-state index contributed by atoms with van der Waals surface area (Å²) in [7, 11) is 0. The van der Waals surface area contributed by atoms with Crippen molar-refractivity contribution in [2.24, 2.45) is 0 Å². The molecule has 0 atom stereocenters. The molecule has 0 saturated carbocycles. The van der Waals surface area contributed by atoms with E-state index < -0.39 is 0 Å². The Kier molecular flexibility index (Phi) is 3.94. The third kappa shape index (κ3) is 2.65. The minimum atomic E-state index is 1.07. The van der Waals surface area contributed by atoms with Crippen molar-refractivity contribution in [1.29, 1.82) is 0 Å². The quantitative estimate of drug-likeness (QED) is 0.276. The molecule has 0 unspecified atom stereocenters. The third-order valence-electron chi connectivity index (χ3n) is 7.40. The number of benzene rings is 5. The monoisotopic (exact) mass is 459 g/mol. The van der Waals surface area contributed by atoms with Crippen molar-refractivity contribution in [2.75, 3.05) is 0 Å². The maximum absolute atomic E-state index is 4.38. The van der Waals surface area contributed by atoms with Gasteiger partial charge in [-0.1, -0.05) is 66.7 Å². The standard InChI is InChI=1S/C33H21N3/c1-2-11-25-23(9-1)27(19-30-33(25)26-12-3-5-13-29(26)35-30)21-15-16-32-28(18-21)24-10-4-6-14-31(24)36(32)22-8-7-17-34-20-22/h1-20,35H. The van der Waals surface area contributed by atoms with E-state index in [-0.39, 0.29) is 0 Å². The number of aromatic amines is 1. The zero-order chi connectivity index (χ0) is 23.6. The Morgan fingerprint density at radius 1 is 0.556 bits per heavy atom. The first kappa shape index (κ1) is 19.4. The Morgan fingerprint density at radius 2 is 1.31 bits per heavy atom. The maximum Gasteiger partial charge on any atom is 0.0645 e. The number of aromatic nitrogens is 3. The molecule has 8 aromatic rings. The molecule has 3 aromatic heterocycles. The fourth-order valence-corrected chi connectivity index (χ4v) is 5.86. The lowest BCUT2D eigenvalue weighted by atomic mass is 9.94. The van der Waals surface area contributed by atoms with Gasteiger partial charge >= 0.3 is 0 Å². The van der Waals surface area contributed by atoms with E-state index in [0.717, 1.165) is 5.69 Å². The molecular formula is C33H21N3. The van der Waals surface area contributed by atoms with Crippen LogP contribution in [0.4, 0.5) is 0 Å². The lowest BCUT2D eigenvalue weighted by molar-refractivity contribution is 1.14. The Morgan fingerprint density at radius 3 is 2.17 bits per heavy atom. The smallest absolute Gasteiger partial charge is 0.0645 e. The SMILES string of the molecule is c1cncc(-n2c3ccccc3c3cc(-c4cc5[nH]c6ccccc6c5c5ccccc45)ccc32)c1. The normalized spacial score (nSPS) is 11.9. The molecule has 36 heavy (non-hydrogen) atoms. The van der Waals surface area contributed by atoms with Crippen LogP contribution in [0.15, 0.2) is 122 Å². The van der Waals surface area contributed by atoms with E-state index in [9.17, 15) is 0 Å². The van der Waals surface area contributed by atoms with Gasteiger partial charge in [0.15, 0.2) is 0 Å². The first-order chi connectivity index (χ1) is 17.9. The second-order valence-electron chi connectivity index (χ2n) is 9.36. The number of hydrogen-bond acceptors (Lipinski definition) is 1. The van der Waals surface area contributed by atoms with Crippen LogP contribution in [0, 0.1) is 0 Å². The van der Waals surface area contributed by atoms with E-state index in [4.69, 9.17) is 0 Å². The van der Waals surface area contributed by atoms with Crippen LogP contribution in [0.2, 0.25) is 0 Å². The Bertz CT molecular complexity index is 2100. The highest BCUT2D eigenvalue weighted by molar-refractivity contribution is 6.23. The van der Waals surface area contributed by atoms with Crippen molar-refractivity contribution in [2.45, 2.75) is 0 Å². The molecule has 0 fully saturated rings. The molecule has 8 rings (SSSR count). The van der Waals surface area contributed by atoms with Gasteiger partial charge in [-0.25, -0.2) is 0 Å². The molecule has 3 heteroatoms. The number of fused-ring (bicyclic) bond motifs is 8. The molecule has 1 N–H and O–H groups in total. The summed E-state index contributed by atoms with van der Waals surface area (Å²) in [6, 6.07) is 39.2. The predicted octanol–water partition coefficient (Wildman–Crippen LogP) is 8.63. The lowest BCUT2D eigenvalue weighted by Gasteiger charge is -2.10. The van der Waals surface area contributed by atoms with Crippen LogP contribution in [-0.4, -0.2) is 14.5 Å². The minimum absolute atomic E-state index is 1.07. The van der Waals surface area contributed by atoms with E-state index in [1.54, 1.807) is 0 Å². The van der Waals surface area contributed by atoms with E-state index in [1.807, 2.05) is 18.5 Å². The van der Waals surface area contributed by atoms with Crippen LogP contribution in [0.1, 0.15) is 0 Å². The highest BCUT2D eigenvalue weighted by Gasteiger charge is 2.16. The van der Waals surface area contributed by atoms with Gasteiger partial charge in [0.2, 0.25) is 0 Å². The van der Waals surface area contributed by atoms with Crippen molar-refractivity contribution in [1.82, 2.24) is 14.5 Å². The molecule has 3 heterocycles. The molecule has 3 nitrogen and oxygen atoms in total. The number of pyridine rings is 1. The molecule has 0 radical (unpaired) electrons. The highest BCUT2D eigenvalue weighted by Crippen LogP contribution is 2.40. The maximum atomic E-state index is 4.38. The predicted molar refractivity (Wildman–Crippen MR) is 151 cm³/mol. The lowest BCUT2D eigenvalue weighted by Crippen LogP contribution is -1.93. The molecule has 5 aromatic carbocycles. The Labute approximate surface area is 207 Å². The largest absolute Gasteiger partial charge is 0.354 e. The molecule has 0 saturated heterocycles. The third-order valence-corrected chi connectivity index (χ3v) is 7.40. The number of hydrogen-bond donors (Lipinski definition) is 1. The number of nitrogens with one attached hydrogen (secondary N) is 1. The van der Waals surface area contributed by atoms with Crippen LogP contribution in [0.3, 0.4) is 0 Å². The average molecular weight is 460 g/mol. The van der Waals surface area contributed by atoms with Crippen LogP contribution in [0.25, 0.3) is 71.2 Å². The van der Waals surface area contributed by atoms with Crippen molar-refractivity contribution in [3.63, 3.8) is 0 Å². The van der Waals surface area contributed by atoms with Gasteiger partial charge in [-0.05, 0) is 64.4 Å². The first-order valence-electron chi connectivity index (χ1n) is 12.2. The van der Waals surface area contributed by atoms with E-state index in [0.29, 0.717) is 0 Å². The van der Waals surface area contributed by atoms with Crippen LogP contribution in [0.5, 0.6) is 0 Å². The van der Waals surface area contributed by atoms with Gasteiger partial charge in [-0.15, -0.1) is 0 Å². The van der Waals surface area contributed by atoms with Gasteiger partial charge in [0.25, 0.3) is 0 Å². The van der Waals surface area contributed by atoms with Crippen molar-refractivity contribution in [3.8, 4) is 16.8 Å². The van der Waals surface area contributed by atoms with Gasteiger partial charge in [0.1, 0.15) is 0 Å². The van der Waals surface area contributed by atoms with E-state index in [1.165, 1.54) is 65.5 Å². The summed E-state index contributed by atoms with van der Waals surface area (Å²) in [5.41, 5.74) is 8.24. The number of H-pyrrole nitrogens is 1. The number of rotatable bonds is 2. The van der Waals surface area contributed by atoms with Crippen LogP contribution in [-0.2, 0) is 0 Å². The fraction of sp³-hybridized carbons (Fsp3) is 0. The van der Waals surface area contributed by atoms with Gasteiger partial charge in [-0.3, -0.25) is 4.98 Å². The molecule has 0 aliphatic rings. The number of nitrogens with zero attached hydrogens (tertiary/aromatic N) is 2. The van der Waals surface area contributed by atoms with E-state index >= 15 is 0 Å². The second-order valence-corrected chi connectivity index (χ2v) is 9.36. The summed E-state index contributed by atoms with van der Waals surface area (Å²) in [5, 5.41) is 7.59. The van der Waals surface area contributed by atoms with Crippen molar-refractivity contribution >= 4 is 54.4 Å². The molecule has 0 aliphatic carbocycles. The van der Waals surface area contributed by atoms with Gasteiger partial charge in [-0.2, -0.15) is 0 Å². The molecule has 168 valence electrons. The van der Waals surface area contributed by atoms with Crippen molar-refractivity contribution in [3.05, 3.63) is 122 Å². The summed E-state index contributed by atoms with van der Waals surface area (Å²) in [4.78, 5) is 8.04. The van der Waals surface area contributed by atoms with Crippen molar-refractivity contribution < 1.29 is 0 Å². The van der Waals surface area contributed by atoms with Crippen LogP contribution >= 0.6 is 0 Å². The highest BCUT2D eigenvalue weighted by atomic mass is 15.0. The molecule has 0 bridgehead atoms. The van der Waals surface area contributed by atoms with Gasteiger partial charge in [0.05, 0.1) is 22.9 Å². The van der Waals surface area contributed by atoms with Gasteiger partial charge in [0, 0.05) is 38.8 Å². The summed E-state index contributed by atoms with van der Waals surface area (Å²) in [6.45, 7) is 0. The zero-order valence-electron chi connectivity index (χ0n) is 19.4. The summed E-state index contributed by atoms with van der Waals surface area (Å²) < 4.78 is 2.31. The summed E-state index contributed by atoms with van der Waals surface area (Å²) >= 11 is 0. The minimum Gasteiger partial charge on any atom is -0.354 e. The second kappa shape index (κ2) is 7.30. The summed E-state index contributed by atoms with van der Waals surface area (Å²) in [6.07, 6.45) is 3.75. The average Bonchev–Trinajstić information content (AvgIpc) is 3.48. The van der Waals surface area contributed by atoms with Crippen LogP contribution < -0.4 is 0 Å². The first-order valence-corrected chi connectivity index (χ1v) is 12.2. The number of para-hydroxylation sites is 2. The topological polar surface area (TPSA) is 33.6 Å². The summed E-state index contributed by atoms with van der Waals surface area (Å²) in [5.74, 6) is 0. The van der Waals surface area contributed by atoms with E-state index in [2.05, 4.69) is 118 Å². The molecule has 0 aliphatic heterocycles. The Hall–Kier alpha value is -4.89. The zero-order valence-corrected chi connectivity index (χ0v) is 19.4. The molecule has 0 spiro atoms. The molecule has 0 amide bonds. The van der Waals surface area contributed by atoms with Gasteiger partial charge < -0.3 is 9.55 Å².